The molecule has 4 nitrogen and oxygen atoms in total. The second kappa shape index (κ2) is 2.54. The summed E-state index contributed by atoms with van der Waals surface area (Å²) in [5, 5.41) is 6.75. The molecule has 0 unspecified atom stereocenters. The molecule has 1 rings (SSSR count). The van der Waals surface area contributed by atoms with Gasteiger partial charge in [0.1, 0.15) is 5.00 Å². The Balaban J connectivity index is 2.58. The smallest absolute Gasteiger partial charge is 0.221 e. The summed E-state index contributed by atoms with van der Waals surface area (Å²) in [6, 6.07) is 0. The maximum atomic E-state index is 10.4. The fourth-order valence-electron chi connectivity index (χ4n) is 0.396. The van der Waals surface area contributed by atoms with Gasteiger partial charge in [-0.3, -0.25) is 4.79 Å². The Kier molecular flexibility index (Phi) is 1.74. The van der Waals surface area contributed by atoms with Gasteiger partial charge in [0.05, 0.1) is 6.20 Å². The molecule has 0 aliphatic carbocycles. The van der Waals surface area contributed by atoms with Crippen molar-refractivity contribution in [3.8, 4) is 0 Å². The number of nitrogens with one attached hydrogen (secondary N) is 1. The van der Waals surface area contributed by atoms with Gasteiger partial charge in [0, 0.05) is 18.5 Å². The zero-order valence-corrected chi connectivity index (χ0v) is 5.60. The van der Waals surface area contributed by atoms with E-state index in [1.807, 2.05) is 0 Å². The van der Waals surface area contributed by atoms with Gasteiger partial charge in [-0.15, -0.1) is 5.10 Å². The minimum Gasteiger partial charge on any atom is -0.315 e. The van der Waals surface area contributed by atoms with Crippen molar-refractivity contribution in [1.29, 1.82) is 0 Å². The first kappa shape index (κ1) is 6.15. The van der Waals surface area contributed by atoms with Crippen LogP contribution < -0.4 is 5.32 Å². The van der Waals surface area contributed by atoms with Crippen molar-refractivity contribution in [3.05, 3.63) is 6.20 Å². The molecular formula is C4H5N3OS. The summed E-state index contributed by atoms with van der Waals surface area (Å²) in [5.74, 6) is -0.0962. The second-order valence-electron chi connectivity index (χ2n) is 1.46. The summed E-state index contributed by atoms with van der Waals surface area (Å²) >= 11 is 1.16. The normalized spacial score (nSPS) is 9.00. The predicted octanol–water partition coefficient (Wildman–Crippen LogP) is 0.496. The van der Waals surface area contributed by atoms with Crippen molar-refractivity contribution < 1.29 is 4.79 Å². The lowest BCUT2D eigenvalue weighted by Crippen LogP contribution is -2.03. The van der Waals surface area contributed by atoms with Crippen LogP contribution in [0.15, 0.2) is 6.20 Å². The molecule has 48 valence electrons. The molecule has 0 aliphatic heterocycles. The second-order valence-corrected chi connectivity index (χ2v) is 2.25. The van der Waals surface area contributed by atoms with Crippen LogP contribution in [-0.4, -0.2) is 15.5 Å². The summed E-state index contributed by atoms with van der Waals surface area (Å²) in [4.78, 5) is 10.4. The van der Waals surface area contributed by atoms with Gasteiger partial charge in [-0.1, -0.05) is 4.49 Å². The van der Waals surface area contributed by atoms with E-state index >= 15 is 0 Å². The highest BCUT2D eigenvalue weighted by Crippen LogP contribution is 2.07. The Hall–Kier alpha value is -0.970. The third-order valence-corrected chi connectivity index (χ3v) is 1.24. The summed E-state index contributed by atoms with van der Waals surface area (Å²) in [7, 11) is 0. The van der Waals surface area contributed by atoms with E-state index in [0.717, 1.165) is 11.5 Å². The average Bonchev–Trinajstić information content (AvgIpc) is 2.15. The van der Waals surface area contributed by atoms with Gasteiger partial charge in [0.15, 0.2) is 0 Å². The zero-order chi connectivity index (χ0) is 6.69. The number of hydrogen-bond acceptors (Lipinski definition) is 4. The van der Waals surface area contributed by atoms with Crippen molar-refractivity contribution in [1.82, 2.24) is 9.59 Å². The Bertz CT molecular complexity index is 196. The first-order chi connectivity index (χ1) is 4.29. The molecule has 0 bridgehead atoms. The summed E-state index contributed by atoms with van der Waals surface area (Å²) in [5.41, 5.74) is 0. The molecule has 1 heterocycles. The van der Waals surface area contributed by atoms with Gasteiger partial charge in [-0.2, -0.15) is 0 Å². The van der Waals surface area contributed by atoms with Gasteiger partial charge < -0.3 is 5.32 Å². The fourth-order valence-corrected chi connectivity index (χ4v) is 0.862. The lowest BCUT2D eigenvalue weighted by Gasteiger charge is -1.90. The number of rotatable bonds is 1. The van der Waals surface area contributed by atoms with Crippen molar-refractivity contribution >= 4 is 22.4 Å². The first-order valence-corrected chi connectivity index (χ1v) is 3.11. The zero-order valence-electron chi connectivity index (χ0n) is 4.79. The Labute approximate surface area is 56.1 Å². The van der Waals surface area contributed by atoms with E-state index in [2.05, 4.69) is 14.9 Å². The van der Waals surface area contributed by atoms with E-state index in [9.17, 15) is 4.79 Å². The largest absolute Gasteiger partial charge is 0.315 e. The van der Waals surface area contributed by atoms with Gasteiger partial charge in [-0.25, -0.2) is 0 Å². The van der Waals surface area contributed by atoms with Crippen LogP contribution in [0, 0.1) is 0 Å². The van der Waals surface area contributed by atoms with Crippen molar-refractivity contribution in [3.63, 3.8) is 0 Å². The molecule has 1 aromatic rings. The maximum absolute atomic E-state index is 10.4. The SMILES string of the molecule is CC(=O)Nc1cnns1. The molecule has 1 amide bonds. The molecule has 5 heteroatoms. The number of hydrogen-bond donors (Lipinski definition) is 1. The molecule has 9 heavy (non-hydrogen) atoms. The van der Waals surface area contributed by atoms with Crippen LogP contribution >= 0.6 is 11.5 Å². The van der Waals surface area contributed by atoms with E-state index in [4.69, 9.17) is 0 Å². The molecular weight excluding hydrogens is 138 g/mol. The summed E-state index contributed by atoms with van der Waals surface area (Å²) < 4.78 is 3.55. The highest BCUT2D eigenvalue weighted by Gasteiger charge is 1.94. The molecule has 0 saturated carbocycles. The van der Waals surface area contributed by atoms with E-state index in [1.54, 1.807) is 0 Å². The lowest BCUT2D eigenvalue weighted by molar-refractivity contribution is -0.114. The third kappa shape index (κ3) is 1.77. The highest BCUT2D eigenvalue weighted by atomic mass is 32.1. The van der Waals surface area contributed by atoms with Crippen molar-refractivity contribution in [2.24, 2.45) is 0 Å². The quantitative estimate of drug-likeness (QED) is 0.622. The molecule has 0 radical (unpaired) electrons. The van der Waals surface area contributed by atoms with Crippen LogP contribution in [0.1, 0.15) is 6.92 Å². The topological polar surface area (TPSA) is 54.9 Å². The number of nitrogens with zero attached hydrogens (tertiary/aromatic N) is 2. The molecule has 0 atom stereocenters. The third-order valence-electron chi connectivity index (χ3n) is 0.661. The molecule has 0 spiro atoms. The molecule has 1 N–H and O–H groups in total. The Morgan fingerprint density at radius 2 is 2.67 bits per heavy atom. The number of aromatic nitrogens is 2. The van der Waals surface area contributed by atoms with Gasteiger partial charge in [-0.05, 0) is 0 Å². The van der Waals surface area contributed by atoms with E-state index in [1.165, 1.54) is 13.1 Å². The van der Waals surface area contributed by atoms with E-state index < -0.39 is 0 Å². The van der Waals surface area contributed by atoms with Crippen LogP contribution in [0.2, 0.25) is 0 Å². The first-order valence-electron chi connectivity index (χ1n) is 2.34. The summed E-state index contributed by atoms with van der Waals surface area (Å²) in [6.07, 6.45) is 1.51. The maximum Gasteiger partial charge on any atom is 0.221 e. The monoisotopic (exact) mass is 143 g/mol. The Morgan fingerprint density at radius 3 is 3.11 bits per heavy atom. The van der Waals surface area contributed by atoms with Crippen molar-refractivity contribution in [2.45, 2.75) is 6.92 Å². The highest BCUT2D eigenvalue weighted by molar-refractivity contribution is 7.10. The van der Waals surface area contributed by atoms with Crippen LogP contribution in [-0.2, 0) is 4.79 Å². The average molecular weight is 143 g/mol. The fraction of sp³-hybridized carbons (Fsp3) is 0.250. The number of amides is 1. The van der Waals surface area contributed by atoms with E-state index in [-0.39, 0.29) is 5.91 Å². The summed E-state index contributed by atoms with van der Waals surface area (Å²) in [6.45, 7) is 1.44. The predicted molar refractivity (Wildman–Crippen MR) is 34.2 cm³/mol. The minimum absolute atomic E-state index is 0.0962. The molecule has 0 fully saturated rings. The van der Waals surface area contributed by atoms with Gasteiger partial charge >= 0.3 is 0 Å². The number of carbonyl (C=O) groups is 1. The van der Waals surface area contributed by atoms with Crippen LogP contribution in [0.5, 0.6) is 0 Å². The molecule has 0 aliphatic rings. The van der Waals surface area contributed by atoms with Crippen LogP contribution in [0.25, 0.3) is 0 Å². The standard InChI is InChI=1S/C4H5N3OS/c1-3(8)6-4-2-5-7-9-4/h2H,1H3,(H,6,8). The lowest BCUT2D eigenvalue weighted by atomic mass is 10.7. The molecule has 1 aromatic heterocycles. The van der Waals surface area contributed by atoms with Crippen molar-refractivity contribution in [2.75, 3.05) is 5.32 Å². The van der Waals surface area contributed by atoms with Crippen LogP contribution in [0.4, 0.5) is 5.00 Å². The molecule has 0 saturated heterocycles. The molecule has 0 aromatic carbocycles. The Morgan fingerprint density at radius 1 is 1.89 bits per heavy atom. The number of carbonyl (C=O) groups excluding carboxylic acids is 1. The van der Waals surface area contributed by atoms with Gasteiger partial charge in [0.25, 0.3) is 0 Å². The minimum atomic E-state index is -0.0962. The number of anilines is 1. The van der Waals surface area contributed by atoms with Crippen LogP contribution in [0.3, 0.4) is 0 Å². The van der Waals surface area contributed by atoms with Gasteiger partial charge in [0.2, 0.25) is 5.91 Å². The van der Waals surface area contributed by atoms with E-state index in [0.29, 0.717) is 5.00 Å².